The van der Waals surface area contributed by atoms with Gasteiger partial charge >= 0.3 is 0 Å². The molecule has 2 unspecified atom stereocenters. The van der Waals surface area contributed by atoms with Crippen LogP contribution in [0.15, 0.2) is 35.6 Å². The summed E-state index contributed by atoms with van der Waals surface area (Å²) in [4.78, 5) is 13.1. The van der Waals surface area contributed by atoms with Gasteiger partial charge in [-0.25, -0.2) is 0 Å². The molecule has 2 aliphatic heterocycles. The Morgan fingerprint density at radius 1 is 1.58 bits per heavy atom. The Hall–Kier alpha value is -1.02. The monoisotopic (exact) mass is 179 g/mol. The molecule has 0 aromatic heterocycles. The molecule has 0 spiro atoms. The Labute approximate surface area is 74.8 Å². The topological polar surface area (TPSA) is 20.1 Å². The highest BCUT2D eigenvalue weighted by molar-refractivity contribution is 6.68. The number of halogens is 1. The highest BCUT2D eigenvalue weighted by Crippen LogP contribution is 2.47. The van der Waals surface area contributed by atoms with E-state index in [1.165, 1.54) is 0 Å². The minimum absolute atomic E-state index is 0.345. The fraction of sp³-hybridized carbons (Fsp3) is 0.222. The number of carbonyl (C=O) groups excluding carboxylic acids is 1. The highest BCUT2D eigenvalue weighted by Gasteiger charge is 2.53. The number of nitrogens with zero attached hydrogens (tertiary/aromatic N) is 1. The molecule has 0 N–H and O–H groups in total. The van der Waals surface area contributed by atoms with Crippen LogP contribution in [0.5, 0.6) is 0 Å². The first kappa shape index (κ1) is 6.49. The quantitative estimate of drug-likeness (QED) is 0.445. The van der Waals surface area contributed by atoms with Crippen LogP contribution < -0.4 is 0 Å². The van der Waals surface area contributed by atoms with Crippen LogP contribution in [0.4, 0.5) is 0 Å². The third-order valence-electron chi connectivity index (χ3n) is 2.60. The van der Waals surface area contributed by atoms with Crippen LogP contribution in [0, 0.1) is 0 Å². The Morgan fingerprint density at radius 3 is 3.17 bits per heavy atom. The Kier molecular flexibility index (Phi) is 0.989. The zero-order valence-electron chi connectivity index (χ0n) is 6.20. The number of fused-ring (bicyclic) bond motifs is 1. The third kappa shape index (κ3) is 0.596. The summed E-state index contributed by atoms with van der Waals surface area (Å²) < 4.78 is 0. The average Bonchev–Trinajstić information content (AvgIpc) is 2.55. The van der Waals surface area contributed by atoms with Crippen LogP contribution in [0.3, 0.4) is 0 Å². The van der Waals surface area contributed by atoms with Crippen molar-refractivity contribution in [3.63, 3.8) is 0 Å². The summed E-state index contributed by atoms with van der Waals surface area (Å²) in [7, 11) is 0. The van der Waals surface area contributed by atoms with Crippen LogP contribution in [0.25, 0.3) is 0 Å². The minimum atomic E-state index is -0.345. The number of carbonyl (C=O) groups is 1. The molecular weight excluding hydrogens is 174 g/mol. The summed E-state index contributed by atoms with van der Waals surface area (Å²) in [5.41, 5.74) is 1.75. The molecule has 0 radical (unpaired) electrons. The van der Waals surface area contributed by atoms with Crippen molar-refractivity contribution in [2.75, 3.05) is 0 Å². The van der Waals surface area contributed by atoms with Crippen molar-refractivity contribution >= 4 is 16.8 Å². The van der Waals surface area contributed by atoms with Gasteiger partial charge in [0.25, 0.3) is 5.24 Å². The molecule has 12 heavy (non-hydrogen) atoms. The van der Waals surface area contributed by atoms with Crippen molar-refractivity contribution in [3.05, 3.63) is 35.6 Å². The van der Waals surface area contributed by atoms with Crippen LogP contribution in [-0.2, 0) is 4.79 Å². The molecule has 1 fully saturated rings. The molecule has 3 aliphatic rings. The summed E-state index contributed by atoms with van der Waals surface area (Å²) in [6.45, 7) is 0. The molecular formula is C9H6ClNO. The van der Waals surface area contributed by atoms with Gasteiger partial charge in [-0.2, -0.15) is 0 Å². The van der Waals surface area contributed by atoms with E-state index in [1.807, 2.05) is 18.4 Å². The largest absolute Gasteiger partial charge is 0.358 e. The van der Waals surface area contributed by atoms with Crippen LogP contribution in [0.2, 0.25) is 0 Å². The summed E-state index contributed by atoms with van der Waals surface area (Å²) >= 11 is 5.42. The van der Waals surface area contributed by atoms with Crippen LogP contribution in [0.1, 0.15) is 0 Å². The van der Waals surface area contributed by atoms with Crippen molar-refractivity contribution in [1.82, 2.24) is 4.90 Å². The molecule has 2 heterocycles. The van der Waals surface area contributed by atoms with Gasteiger partial charge < -0.3 is 4.90 Å². The molecule has 1 aliphatic carbocycles. The lowest BCUT2D eigenvalue weighted by Gasteiger charge is -2.04. The van der Waals surface area contributed by atoms with Crippen molar-refractivity contribution in [3.8, 4) is 0 Å². The second-order valence-corrected chi connectivity index (χ2v) is 3.55. The summed E-state index contributed by atoms with van der Waals surface area (Å²) in [6.07, 6.45) is 7.96. The van der Waals surface area contributed by atoms with Crippen LogP contribution >= 0.6 is 11.6 Å². The predicted octanol–water partition coefficient (Wildman–Crippen LogP) is 1.20. The van der Waals surface area contributed by atoms with E-state index in [4.69, 9.17) is 11.6 Å². The van der Waals surface area contributed by atoms with E-state index in [1.54, 1.807) is 0 Å². The molecule has 0 aromatic rings. The van der Waals surface area contributed by atoms with Crippen molar-refractivity contribution in [1.29, 1.82) is 0 Å². The fourth-order valence-corrected chi connectivity index (χ4v) is 2.15. The standard InChI is InChI=1S/C9H6ClNO/c10-9(12)6-4-11-7-3-1-2-5(6)8(7)11/h1-4,7-8H. The summed E-state index contributed by atoms with van der Waals surface area (Å²) in [5, 5.41) is -0.345. The normalized spacial score (nSPS) is 34.2. The molecule has 2 atom stereocenters. The lowest BCUT2D eigenvalue weighted by atomic mass is 9.99. The predicted molar refractivity (Wildman–Crippen MR) is 45.6 cm³/mol. The first-order valence-electron chi connectivity index (χ1n) is 3.87. The van der Waals surface area contributed by atoms with Crippen molar-refractivity contribution in [2.24, 2.45) is 0 Å². The molecule has 1 saturated heterocycles. The van der Waals surface area contributed by atoms with Gasteiger partial charge in [0.05, 0.1) is 17.7 Å². The van der Waals surface area contributed by atoms with Gasteiger partial charge in [0.2, 0.25) is 0 Å². The van der Waals surface area contributed by atoms with E-state index in [2.05, 4.69) is 11.0 Å². The van der Waals surface area contributed by atoms with Crippen molar-refractivity contribution < 1.29 is 4.79 Å². The van der Waals surface area contributed by atoms with Gasteiger partial charge in [-0.3, -0.25) is 4.79 Å². The van der Waals surface area contributed by atoms with Gasteiger partial charge in [-0.05, 0) is 17.2 Å². The van der Waals surface area contributed by atoms with E-state index in [0.29, 0.717) is 17.7 Å². The van der Waals surface area contributed by atoms with Crippen molar-refractivity contribution in [2.45, 2.75) is 12.1 Å². The lowest BCUT2D eigenvalue weighted by molar-refractivity contribution is -0.108. The van der Waals surface area contributed by atoms with Gasteiger partial charge in [0.15, 0.2) is 0 Å². The lowest BCUT2D eigenvalue weighted by Crippen LogP contribution is -2.06. The molecule has 0 amide bonds. The first-order chi connectivity index (χ1) is 5.79. The van der Waals surface area contributed by atoms with Gasteiger partial charge in [0.1, 0.15) is 0 Å². The molecule has 3 heteroatoms. The van der Waals surface area contributed by atoms with Gasteiger partial charge in [-0.1, -0.05) is 18.2 Å². The molecule has 0 saturated carbocycles. The molecule has 60 valence electrons. The zero-order valence-corrected chi connectivity index (χ0v) is 6.95. The third-order valence-corrected chi connectivity index (χ3v) is 2.81. The summed E-state index contributed by atoms with van der Waals surface area (Å²) in [6, 6.07) is 0.928. The van der Waals surface area contributed by atoms with Gasteiger partial charge in [0, 0.05) is 6.20 Å². The number of hydrogen-bond donors (Lipinski definition) is 0. The summed E-state index contributed by atoms with van der Waals surface area (Å²) in [5.74, 6) is 0. The van der Waals surface area contributed by atoms with E-state index >= 15 is 0 Å². The Balaban J connectivity index is 2.10. The average molecular weight is 180 g/mol. The first-order valence-corrected chi connectivity index (χ1v) is 4.25. The van der Waals surface area contributed by atoms with E-state index in [9.17, 15) is 4.79 Å². The minimum Gasteiger partial charge on any atom is -0.358 e. The second-order valence-electron chi connectivity index (χ2n) is 3.21. The Morgan fingerprint density at radius 2 is 2.42 bits per heavy atom. The highest BCUT2D eigenvalue weighted by atomic mass is 35.5. The maximum Gasteiger partial charge on any atom is 0.254 e. The second kappa shape index (κ2) is 1.83. The number of rotatable bonds is 1. The molecule has 3 rings (SSSR count). The maximum atomic E-state index is 10.9. The van der Waals surface area contributed by atoms with E-state index < -0.39 is 0 Å². The van der Waals surface area contributed by atoms with E-state index in [-0.39, 0.29) is 5.24 Å². The number of hydrogen-bond acceptors (Lipinski definition) is 2. The molecule has 2 nitrogen and oxygen atoms in total. The fourth-order valence-electron chi connectivity index (χ4n) is 1.99. The Bertz CT molecular complexity index is 367. The zero-order chi connectivity index (χ0) is 8.29. The van der Waals surface area contributed by atoms with Crippen LogP contribution in [-0.4, -0.2) is 22.2 Å². The smallest absolute Gasteiger partial charge is 0.254 e. The molecule has 0 aromatic carbocycles. The number of allylic oxidation sites excluding steroid dienone is 2. The van der Waals surface area contributed by atoms with Gasteiger partial charge in [-0.15, -0.1) is 0 Å². The van der Waals surface area contributed by atoms with E-state index in [0.717, 1.165) is 5.57 Å². The molecule has 0 bridgehead atoms. The SMILES string of the molecule is O=C(Cl)C1=CN2C3C=CC=C1C32. The maximum absolute atomic E-state index is 10.9.